The van der Waals surface area contributed by atoms with Crippen LogP contribution in [0.3, 0.4) is 0 Å². The molecule has 0 aliphatic heterocycles. The van der Waals surface area contributed by atoms with Gasteiger partial charge in [0.05, 0.1) is 5.69 Å². The van der Waals surface area contributed by atoms with E-state index in [2.05, 4.69) is 10.2 Å². The van der Waals surface area contributed by atoms with E-state index in [4.69, 9.17) is 15.8 Å². The molecule has 0 amide bonds. The Kier molecular flexibility index (Phi) is 3.71. The van der Waals surface area contributed by atoms with Gasteiger partial charge in [0.25, 0.3) is 0 Å². The number of rotatable bonds is 3. The summed E-state index contributed by atoms with van der Waals surface area (Å²) in [5, 5.41) is 40.0. The van der Waals surface area contributed by atoms with Crippen molar-refractivity contribution in [3.05, 3.63) is 29.5 Å². The minimum Gasteiger partial charge on any atom is -0.507 e. The summed E-state index contributed by atoms with van der Waals surface area (Å²) in [6.45, 7) is 0. The number of carboxylic acids is 1. The average Bonchev–Trinajstić information content (AvgIpc) is 2.32. The maximum atomic E-state index is 10.7. The summed E-state index contributed by atoms with van der Waals surface area (Å²) in [6, 6.07) is 5.13. The molecule has 0 fully saturated rings. The maximum Gasteiger partial charge on any atom is 0.339 e. The molecule has 0 aliphatic rings. The van der Waals surface area contributed by atoms with E-state index in [0.717, 1.165) is 12.1 Å². The molecule has 0 saturated heterocycles. The standard InChI is InChI=1S/C10H6N4O3/c11-4-7(5-12)14-13-6-1-2-9(15)8(3-6)10(16)17/h1-3,11,15H,(H,16,17). The lowest BCUT2D eigenvalue weighted by atomic mass is 10.2. The molecule has 3 N–H and O–H groups in total. The number of hydrogen-bond donors (Lipinski definition) is 3. The number of carbonyl (C=O) groups is 1. The molecule has 17 heavy (non-hydrogen) atoms. The second-order valence-corrected chi connectivity index (χ2v) is 2.79. The summed E-state index contributed by atoms with van der Waals surface area (Å²) in [5.74, 6) is 0.0578. The van der Waals surface area contributed by atoms with Crippen LogP contribution in [-0.2, 0) is 0 Å². The molecule has 1 aromatic rings. The van der Waals surface area contributed by atoms with Gasteiger partial charge < -0.3 is 10.2 Å². The number of aromatic carboxylic acids is 1. The van der Waals surface area contributed by atoms with Crippen LogP contribution in [0.5, 0.6) is 5.75 Å². The molecular formula is C10H6N4O3. The number of benzene rings is 1. The summed E-state index contributed by atoms with van der Waals surface area (Å²) in [7, 11) is 0. The van der Waals surface area contributed by atoms with Crippen molar-refractivity contribution >= 4 is 17.5 Å². The summed E-state index contributed by atoms with van der Waals surface area (Å²) < 4.78 is 0. The predicted molar refractivity (Wildman–Crippen MR) is 56.4 cm³/mol. The van der Waals surface area contributed by atoms with Crippen molar-refractivity contribution in [1.29, 1.82) is 10.7 Å². The topological polar surface area (TPSA) is 130 Å². The minimum atomic E-state index is -1.30. The fourth-order valence-corrected chi connectivity index (χ4v) is 0.941. The number of carboxylic acid groups (broad SMARTS) is 1. The third kappa shape index (κ3) is 2.99. The van der Waals surface area contributed by atoms with E-state index in [9.17, 15) is 9.90 Å². The van der Waals surface area contributed by atoms with E-state index < -0.39 is 5.97 Å². The van der Waals surface area contributed by atoms with E-state index in [-0.39, 0.29) is 22.7 Å². The molecular weight excluding hydrogens is 224 g/mol. The highest BCUT2D eigenvalue weighted by atomic mass is 16.4. The fraction of sp³-hybridized carbons (Fsp3) is 0. The van der Waals surface area contributed by atoms with Crippen molar-refractivity contribution in [3.8, 4) is 11.8 Å². The highest BCUT2D eigenvalue weighted by Gasteiger charge is 2.09. The van der Waals surface area contributed by atoms with Crippen molar-refractivity contribution in [1.82, 2.24) is 0 Å². The van der Waals surface area contributed by atoms with Crippen LogP contribution in [0.4, 0.5) is 5.69 Å². The molecule has 0 aromatic heterocycles. The van der Waals surface area contributed by atoms with Gasteiger partial charge in [0.2, 0.25) is 5.70 Å². The smallest absolute Gasteiger partial charge is 0.339 e. The van der Waals surface area contributed by atoms with Crippen LogP contribution in [0, 0.1) is 16.7 Å². The highest BCUT2D eigenvalue weighted by molar-refractivity contribution is 5.91. The normalized spacial score (nSPS) is 9.59. The summed E-state index contributed by atoms with van der Waals surface area (Å²) in [6.07, 6.45) is 0. The number of hydrogen-bond acceptors (Lipinski definition) is 6. The van der Waals surface area contributed by atoms with E-state index in [1.54, 1.807) is 11.9 Å². The van der Waals surface area contributed by atoms with Gasteiger partial charge in [0.1, 0.15) is 17.4 Å². The number of aromatic hydroxyl groups is 1. The SMILES string of the molecule is N#CC(=C=N)N=Nc1ccc(O)c(C(=O)O)c1. The predicted octanol–water partition coefficient (Wildman–Crippen LogP) is 1.83. The Hall–Kier alpha value is -2.97. The zero-order valence-electron chi connectivity index (χ0n) is 8.38. The molecule has 0 atom stereocenters. The molecule has 7 nitrogen and oxygen atoms in total. The van der Waals surface area contributed by atoms with Gasteiger partial charge >= 0.3 is 5.97 Å². The van der Waals surface area contributed by atoms with E-state index in [1.165, 1.54) is 6.07 Å². The number of allylic oxidation sites excluding steroid dienone is 1. The number of phenols is 1. The van der Waals surface area contributed by atoms with Gasteiger partial charge in [-0.1, -0.05) is 0 Å². The van der Waals surface area contributed by atoms with Gasteiger partial charge in [-0.3, -0.25) is 5.41 Å². The van der Waals surface area contributed by atoms with Crippen LogP contribution in [0.2, 0.25) is 0 Å². The zero-order valence-corrected chi connectivity index (χ0v) is 8.38. The van der Waals surface area contributed by atoms with Gasteiger partial charge in [0, 0.05) is 5.87 Å². The molecule has 0 bridgehead atoms. The van der Waals surface area contributed by atoms with Gasteiger partial charge in [-0.25, -0.2) is 4.79 Å². The molecule has 7 heteroatoms. The second kappa shape index (κ2) is 5.21. The van der Waals surface area contributed by atoms with Crippen molar-refractivity contribution in [2.45, 2.75) is 0 Å². The molecule has 0 saturated carbocycles. The molecule has 0 unspecified atom stereocenters. The first-order valence-corrected chi connectivity index (χ1v) is 4.26. The minimum absolute atomic E-state index is 0.142. The van der Waals surface area contributed by atoms with Crippen molar-refractivity contribution in [2.24, 2.45) is 10.2 Å². The molecule has 0 radical (unpaired) electrons. The van der Waals surface area contributed by atoms with Crippen LogP contribution < -0.4 is 0 Å². The molecule has 1 aromatic carbocycles. The largest absolute Gasteiger partial charge is 0.507 e. The Morgan fingerprint density at radius 2 is 2.18 bits per heavy atom. The Morgan fingerprint density at radius 1 is 1.47 bits per heavy atom. The van der Waals surface area contributed by atoms with Crippen LogP contribution in [0.25, 0.3) is 0 Å². The zero-order chi connectivity index (χ0) is 12.8. The van der Waals surface area contributed by atoms with Crippen LogP contribution in [0.15, 0.2) is 34.1 Å². The second-order valence-electron chi connectivity index (χ2n) is 2.79. The van der Waals surface area contributed by atoms with Gasteiger partial charge in [-0.2, -0.15) is 5.26 Å². The summed E-state index contributed by atoms with van der Waals surface area (Å²) in [4.78, 5) is 10.7. The fourth-order valence-electron chi connectivity index (χ4n) is 0.941. The Morgan fingerprint density at radius 3 is 2.71 bits per heavy atom. The number of nitrogens with zero attached hydrogens (tertiary/aromatic N) is 3. The molecule has 1 rings (SSSR count). The first kappa shape index (κ1) is 12.1. The summed E-state index contributed by atoms with van der Waals surface area (Å²) >= 11 is 0. The van der Waals surface area contributed by atoms with E-state index in [0.29, 0.717) is 0 Å². The molecule has 0 aliphatic carbocycles. The average molecular weight is 230 g/mol. The lowest BCUT2D eigenvalue weighted by molar-refractivity contribution is 0.0694. The Balaban J connectivity index is 3.10. The first-order chi connectivity index (χ1) is 8.08. The van der Waals surface area contributed by atoms with Crippen LogP contribution in [-0.4, -0.2) is 22.1 Å². The van der Waals surface area contributed by atoms with E-state index in [1.807, 2.05) is 0 Å². The number of nitrogens with one attached hydrogen (secondary N) is 1. The van der Waals surface area contributed by atoms with Gasteiger partial charge in [-0.05, 0) is 18.2 Å². The molecule has 0 spiro atoms. The maximum absolute atomic E-state index is 10.7. The third-order valence-corrected chi connectivity index (χ3v) is 1.70. The lowest BCUT2D eigenvalue weighted by Gasteiger charge is -1.99. The Labute approximate surface area is 95.5 Å². The Bertz CT molecular complexity index is 580. The summed E-state index contributed by atoms with van der Waals surface area (Å²) in [5.41, 5.74) is -0.517. The van der Waals surface area contributed by atoms with Crippen LogP contribution in [0.1, 0.15) is 10.4 Å². The molecule has 0 heterocycles. The van der Waals surface area contributed by atoms with Gasteiger partial charge in [0.15, 0.2) is 0 Å². The quantitative estimate of drug-likeness (QED) is 0.415. The van der Waals surface area contributed by atoms with Crippen molar-refractivity contribution in [2.75, 3.05) is 0 Å². The monoisotopic (exact) mass is 230 g/mol. The third-order valence-electron chi connectivity index (χ3n) is 1.70. The van der Waals surface area contributed by atoms with Crippen molar-refractivity contribution in [3.63, 3.8) is 0 Å². The lowest BCUT2D eigenvalue weighted by Crippen LogP contribution is -1.95. The highest BCUT2D eigenvalue weighted by Crippen LogP contribution is 2.23. The van der Waals surface area contributed by atoms with E-state index >= 15 is 0 Å². The number of nitriles is 1. The van der Waals surface area contributed by atoms with Gasteiger partial charge in [-0.15, -0.1) is 10.2 Å². The first-order valence-electron chi connectivity index (χ1n) is 4.26. The molecule has 84 valence electrons. The number of azo groups is 1. The van der Waals surface area contributed by atoms with Crippen molar-refractivity contribution < 1.29 is 15.0 Å². The van der Waals surface area contributed by atoms with Crippen LogP contribution >= 0.6 is 0 Å².